The monoisotopic (exact) mass is 412 g/mol. The van der Waals surface area contributed by atoms with E-state index in [0.29, 0.717) is 26.7 Å². The van der Waals surface area contributed by atoms with Crippen LogP contribution >= 0.6 is 22.9 Å². The van der Waals surface area contributed by atoms with E-state index in [1.54, 1.807) is 49.4 Å². The number of anilines is 1. The molecule has 0 radical (unpaired) electrons. The Hall–Kier alpha value is -2.96. The van der Waals surface area contributed by atoms with Gasteiger partial charge in [0.2, 0.25) is 5.78 Å². The largest absolute Gasteiger partial charge is 0.343 e. The molecule has 0 aliphatic rings. The maximum Gasteiger partial charge on any atom is 0.313 e. The fourth-order valence-corrected chi connectivity index (χ4v) is 3.58. The van der Waals surface area contributed by atoms with Gasteiger partial charge in [-0.15, -0.1) is 11.3 Å². The summed E-state index contributed by atoms with van der Waals surface area (Å²) < 4.78 is 0. The summed E-state index contributed by atoms with van der Waals surface area (Å²) in [6.07, 6.45) is 0. The van der Waals surface area contributed by atoms with Gasteiger partial charge >= 0.3 is 11.8 Å². The van der Waals surface area contributed by atoms with Crippen LogP contribution in [0.15, 0.2) is 60.7 Å². The molecule has 1 heterocycles. The summed E-state index contributed by atoms with van der Waals surface area (Å²) in [7, 11) is 0. The Morgan fingerprint density at radius 1 is 0.929 bits per heavy atom. The van der Waals surface area contributed by atoms with Gasteiger partial charge in [-0.2, -0.15) is 0 Å². The van der Waals surface area contributed by atoms with Crippen LogP contribution in [0.25, 0.3) is 0 Å². The van der Waals surface area contributed by atoms with Crippen molar-refractivity contribution in [3.63, 3.8) is 0 Å². The van der Waals surface area contributed by atoms with Crippen LogP contribution in [-0.2, 0) is 16.1 Å². The lowest BCUT2D eigenvalue weighted by atomic mass is 10.1. The summed E-state index contributed by atoms with van der Waals surface area (Å²) in [6.45, 7) is 1.92. The van der Waals surface area contributed by atoms with E-state index in [1.807, 2.05) is 18.2 Å². The van der Waals surface area contributed by atoms with Gasteiger partial charge in [0.1, 0.15) is 0 Å². The molecular formula is C21H17ClN2O3S. The van der Waals surface area contributed by atoms with Gasteiger partial charge in [-0.1, -0.05) is 48.0 Å². The summed E-state index contributed by atoms with van der Waals surface area (Å²) in [4.78, 5) is 37.9. The van der Waals surface area contributed by atoms with Crippen LogP contribution in [0.2, 0.25) is 5.02 Å². The second-order valence-corrected chi connectivity index (χ2v) is 7.59. The van der Waals surface area contributed by atoms with Gasteiger partial charge in [0.05, 0.1) is 11.4 Å². The van der Waals surface area contributed by atoms with Crippen LogP contribution in [0, 0.1) is 6.92 Å². The van der Waals surface area contributed by atoms with Crippen molar-refractivity contribution in [1.29, 1.82) is 0 Å². The number of nitrogens with one attached hydrogen (secondary N) is 2. The number of halogens is 1. The molecule has 0 unspecified atom stereocenters. The van der Waals surface area contributed by atoms with Crippen LogP contribution in [0.5, 0.6) is 0 Å². The topological polar surface area (TPSA) is 75.3 Å². The van der Waals surface area contributed by atoms with Crippen molar-refractivity contribution < 1.29 is 14.4 Å². The zero-order valence-corrected chi connectivity index (χ0v) is 16.6. The summed E-state index contributed by atoms with van der Waals surface area (Å²) in [5.41, 5.74) is 1.78. The molecule has 0 saturated carbocycles. The van der Waals surface area contributed by atoms with Crippen molar-refractivity contribution in [2.45, 2.75) is 13.5 Å². The van der Waals surface area contributed by atoms with E-state index in [1.165, 1.54) is 11.3 Å². The SMILES string of the molecule is Cc1c(Cl)cccc1NC(=O)C(=O)NCc1ccc(C(=O)c2ccccc2)s1. The Labute approximate surface area is 171 Å². The molecule has 1 aromatic heterocycles. The van der Waals surface area contributed by atoms with Crippen LogP contribution in [-0.4, -0.2) is 17.6 Å². The Morgan fingerprint density at radius 3 is 2.43 bits per heavy atom. The molecule has 2 amide bonds. The highest BCUT2D eigenvalue weighted by molar-refractivity contribution is 7.14. The fraction of sp³-hybridized carbons (Fsp3) is 0.0952. The van der Waals surface area contributed by atoms with Crippen LogP contribution < -0.4 is 10.6 Å². The molecule has 2 aromatic carbocycles. The molecular weight excluding hydrogens is 396 g/mol. The number of carbonyl (C=O) groups excluding carboxylic acids is 3. The molecule has 0 saturated heterocycles. The van der Waals surface area contributed by atoms with Crippen LogP contribution in [0.1, 0.15) is 25.7 Å². The predicted molar refractivity (Wildman–Crippen MR) is 111 cm³/mol. The van der Waals surface area contributed by atoms with Crippen molar-refractivity contribution in [2.24, 2.45) is 0 Å². The third-order valence-electron chi connectivity index (χ3n) is 4.07. The van der Waals surface area contributed by atoms with E-state index in [4.69, 9.17) is 11.6 Å². The first-order valence-electron chi connectivity index (χ1n) is 8.48. The minimum absolute atomic E-state index is 0.0719. The number of ketones is 1. The predicted octanol–water partition coefficient (Wildman–Crippen LogP) is 4.20. The Balaban J connectivity index is 1.57. The number of amides is 2. The molecule has 142 valence electrons. The minimum Gasteiger partial charge on any atom is -0.343 e. The summed E-state index contributed by atoms with van der Waals surface area (Å²) in [5, 5.41) is 5.61. The molecule has 2 N–H and O–H groups in total. The number of rotatable bonds is 5. The minimum atomic E-state index is -0.775. The number of thiophene rings is 1. The van der Waals surface area contributed by atoms with Crippen molar-refractivity contribution in [3.8, 4) is 0 Å². The maximum absolute atomic E-state index is 12.4. The zero-order valence-electron chi connectivity index (χ0n) is 15.0. The summed E-state index contributed by atoms with van der Waals surface area (Å²) in [5.74, 6) is -1.61. The van der Waals surface area contributed by atoms with Gasteiger partial charge < -0.3 is 10.6 Å². The van der Waals surface area contributed by atoms with E-state index in [0.717, 1.165) is 4.88 Å². The van der Waals surface area contributed by atoms with E-state index in [2.05, 4.69) is 10.6 Å². The normalized spacial score (nSPS) is 10.4. The van der Waals surface area contributed by atoms with E-state index < -0.39 is 11.8 Å². The molecule has 0 atom stereocenters. The second kappa shape index (κ2) is 8.82. The Kier molecular flexibility index (Phi) is 6.23. The summed E-state index contributed by atoms with van der Waals surface area (Å²) >= 11 is 7.30. The highest BCUT2D eigenvalue weighted by atomic mass is 35.5. The highest BCUT2D eigenvalue weighted by Crippen LogP contribution is 2.23. The van der Waals surface area contributed by atoms with Crippen LogP contribution in [0.4, 0.5) is 5.69 Å². The van der Waals surface area contributed by atoms with Gasteiger partial charge in [-0.05, 0) is 36.8 Å². The first-order chi connectivity index (χ1) is 13.5. The number of benzene rings is 2. The molecule has 0 bridgehead atoms. The lowest BCUT2D eigenvalue weighted by Crippen LogP contribution is -2.34. The molecule has 28 heavy (non-hydrogen) atoms. The molecule has 0 aliphatic heterocycles. The quantitative estimate of drug-likeness (QED) is 0.487. The number of carbonyl (C=O) groups is 3. The average molecular weight is 413 g/mol. The third kappa shape index (κ3) is 4.65. The van der Waals surface area contributed by atoms with Gasteiger partial charge in [-0.3, -0.25) is 14.4 Å². The van der Waals surface area contributed by atoms with E-state index >= 15 is 0 Å². The standard InChI is InChI=1S/C21H17ClN2O3S/c1-13-16(22)8-5-9-17(13)24-21(27)20(26)23-12-15-10-11-18(28-15)19(25)14-6-3-2-4-7-14/h2-11H,12H2,1H3,(H,23,26)(H,24,27). The molecule has 5 nitrogen and oxygen atoms in total. The Morgan fingerprint density at radius 2 is 1.68 bits per heavy atom. The van der Waals surface area contributed by atoms with Gasteiger partial charge in [0.15, 0.2) is 0 Å². The van der Waals surface area contributed by atoms with Crippen molar-refractivity contribution in [1.82, 2.24) is 5.32 Å². The van der Waals surface area contributed by atoms with Gasteiger partial charge in [-0.25, -0.2) is 0 Å². The number of hydrogen-bond donors (Lipinski definition) is 2. The van der Waals surface area contributed by atoms with Gasteiger partial charge in [0, 0.05) is 21.2 Å². The summed E-state index contributed by atoms with van der Waals surface area (Å²) in [6, 6.07) is 17.5. The average Bonchev–Trinajstić information content (AvgIpc) is 3.18. The smallest absolute Gasteiger partial charge is 0.313 e. The van der Waals surface area contributed by atoms with E-state index in [9.17, 15) is 14.4 Å². The van der Waals surface area contributed by atoms with Gasteiger partial charge in [0.25, 0.3) is 0 Å². The molecule has 0 aliphatic carbocycles. The molecule has 0 spiro atoms. The van der Waals surface area contributed by atoms with Crippen molar-refractivity contribution in [3.05, 3.63) is 86.6 Å². The molecule has 3 aromatic rings. The van der Waals surface area contributed by atoms with Crippen molar-refractivity contribution >= 4 is 46.2 Å². The highest BCUT2D eigenvalue weighted by Gasteiger charge is 2.16. The molecule has 0 fully saturated rings. The first-order valence-corrected chi connectivity index (χ1v) is 9.68. The second-order valence-electron chi connectivity index (χ2n) is 6.01. The zero-order chi connectivity index (χ0) is 20.1. The number of hydrogen-bond acceptors (Lipinski definition) is 4. The lowest BCUT2D eigenvalue weighted by molar-refractivity contribution is -0.136. The lowest BCUT2D eigenvalue weighted by Gasteiger charge is -2.09. The third-order valence-corrected chi connectivity index (χ3v) is 5.56. The first kappa shape index (κ1) is 19.8. The Bertz CT molecular complexity index is 1030. The molecule has 3 rings (SSSR count). The van der Waals surface area contributed by atoms with E-state index in [-0.39, 0.29) is 12.3 Å². The maximum atomic E-state index is 12.4. The van der Waals surface area contributed by atoms with Crippen molar-refractivity contribution in [2.75, 3.05) is 5.32 Å². The fourth-order valence-electron chi connectivity index (χ4n) is 2.50. The molecule has 7 heteroatoms. The van der Waals surface area contributed by atoms with Crippen LogP contribution in [0.3, 0.4) is 0 Å².